The van der Waals surface area contributed by atoms with Crippen molar-refractivity contribution in [2.24, 2.45) is 0 Å². The van der Waals surface area contributed by atoms with Crippen LogP contribution in [-0.2, 0) is 11.4 Å². The number of hydrogen-bond acceptors (Lipinski definition) is 4. The molecule has 0 saturated carbocycles. The lowest BCUT2D eigenvalue weighted by Gasteiger charge is -2.11. The molecule has 6 heteroatoms. The number of halogens is 1. The summed E-state index contributed by atoms with van der Waals surface area (Å²) in [6.07, 6.45) is 1.69. The Hall–Kier alpha value is -3.38. The summed E-state index contributed by atoms with van der Waals surface area (Å²) in [5.41, 5.74) is 2.21. The number of benzene rings is 3. The van der Waals surface area contributed by atoms with Gasteiger partial charge in [-0.05, 0) is 65.4 Å². The van der Waals surface area contributed by atoms with Crippen molar-refractivity contribution in [2.45, 2.75) is 6.61 Å². The van der Waals surface area contributed by atoms with Gasteiger partial charge >= 0.3 is 0 Å². The minimum atomic E-state index is -0.331. The first kappa shape index (κ1) is 19.0. The van der Waals surface area contributed by atoms with Gasteiger partial charge in [-0.2, -0.15) is 0 Å². The van der Waals surface area contributed by atoms with Gasteiger partial charge in [-0.3, -0.25) is 9.59 Å². The van der Waals surface area contributed by atoms with Crippen LogP contribution in [0.15, 0.2) is 83.8 Å². The highest BCUT2D eigenvalue weighted by molar-refractivity contribution is 8.19. The molecule has 0 N–H and O–H groups in total. The molecule has 1 heterocycles. The van der Waals surface area contributed by atoms with E-state index in [0.717, 1.165) is 22.9 Å². The molecule has 0 bridgehead atoms. The highest BCUT2D eigenvalue weighted by Crippen LogP contribution is 2.35. The van der Waals surface area contributed by atoms with Gasteiger partial charge in [0.2, 0.25) is 0 Å². The average Bonchev–Trinajstić information content (AvgIpc) is 3.02. The van der Waals surface area contributed by atoms with E-state index in [0.29, 0.717) is 22.9 Å². The molecule has 0 radical (unpaired) electrons. The molecule has 0 spiro atoms. The number of carbonyl (C=O) groups excluding carboxylic acids is 2. The molecule has 1 aliphatic rings. The number of imide groups is 1. The van der Waals surface area contributed by atoms with Gasteiger partial charge in [0.1, 0.15) is 18.2 Å². The van der Waals surface area contributed by atoms with Crippen molar-refractivity contribution < 1.29 is 18.7 Å². The minimum absolute atomic E-state index is 0.283. The van der Waals surface area contributed by atoms with E-state index in [-0.39, 0.29) is 17.0 Å². The van der Waals surface area contributed by atoms with Crippen molar-refractivity contribution in [3.63, 3.8) is 0 Å². The molecule has 3 aromatic carbocycles. The summed E-state index contributed by atoms with van der Waals surface area (Å²) >= 11 is 0.921. The van der Waals surface area contributed by atoms with E-state index in [1.165, 1.54) is 17.0 Å². The van der Waals surface area contributed by atoms with E-state index in [1.807, 2.05) is 18.2 Å². The molecule has 0 unspecified atom stereocenters. The number of rotatable bonds is 5. The van der Waals surface area contributed by atoms with Crippen LogP contribution in [0.3, 0.4) is 0 Å². The summed E-state index contributed by atoms with van der Waals surface area (Å²) in [5, 5.41) is -0.313. The van der Waals surface area contributed by atoms with Gasteiger partial charge in [-0.25, -0.2) is 9.29 Å². The molecule has 1 saturated heterocycles. The monoisotopic (exact) mass is 405 g/mol. The van der Waals surface area contributed by atoms with Gasteiger partial charge in [0.05, 0.1) is 10.6 Å². The normalized spacial score (nSPS) is 15.2. The maximum atomic E-state index is 12.9. The van der Waals surface area contributed by atoms with Crippen LogP contribution in [-0.4, -0.2) is 11.1 Å². The van der Waals surface area contributed by atoms with Gasteiger partial charge < -0.3 is 4.74 Å². The third kappa shape index (κ3) is 4.38. The number of nitrogens with zero attached hydrogens (tertiary/aromatic N) is 1. The molecular weight excluding hydrogens is 389 g/mol. The fourth-order valence-corrected chi connectivity index (χ4v) is 3.67. The fraction of sp³-hybridized carbons (Fsp3) is 0.0435. The van der Waals surface area contributed by atoms with Crippen molar-refractivity contribution in [2.75, 3.05) is 4.90 Å². The Bertz CT molecular complexity index is 1060. The SMILES string of the molecule is O=C1S/C(=C/c2ccc(OCc3ccc(F)cc3)cc2)C(=O)N1c1ccccc1. The lowest BCUT2D eigenvalue weighted by atomic mass is 10.2. The molecule has 1 fully saturated rings. The molecule has 0 aromatic heterocycles. The average molecular weight is 405 g/mol. The second-order valence-electron chi connectivity index (χ2n) is 6.34. The molecule has 0 atom stereocenters. The molecule has 3 aromatic rings. The number of anilines is 1. The maximum absolute atomic E-state index is 12.9. The third-order valence-electron chi connectivity index (χ3n) is 4.30. The van der Waals surface area contributed by atoms with Crippen LogP contribution in [0.5, 0.6) is 5.75 Å². The lowest BCUT2D eigenvalue weighted by molar-refractivity contribution is -0.113. The number of para-hydroxylation sites is 1. The molecule has 29 heavy (non-hydrogen) atoms. The van der Waals surface area contributed by atoms with Crippen molar-refractivity contribution in [3.05, 3.63) is 101 Å². The van der Waals surface area contributed by atoms with E-state index < -0.39 is 0 Å². The predicted molar refractivity (Wildman–Crippen MR) is 112 cm³/mol. The van der Waals surface area contributed by atoms with Gasteiger partial charge in [0.25, 0.3) is 11.1 Å². The van der Waals surface area contributed by atoms with E-state index >= 15 is 0 Å². The van der Waals surface area contributed by atoms with Gasteiger partial charge in [0.15, 0.2) is 0 Å². The number of amides is 2. The summed E-state index contributed by atoms with van der Waals surface area (Å²) in [4.78, 5) is 26.5. The quantitative estimate of drug-likeness (QED) is 0.515. The topological polar surface area (TPSA) is 46.6 Å². The van der Waals surface area contributed by atoms with E-state index in [4.69, 9.17) is 4.74 Å². The second kappa shape index (κ2) is 8.32. The zero-order chi connectivity index (χ0) is 20.2. The van der Waals surface area contributed by atoms with Crippen LogP contribution in [0.1, 0.15) is 11.1 Å². The minimum Gasteiger partial charge on any atom is -0.489 e. The molecule has 144 valence electrons. The summed E-state index contributed by atoms with van der Waals surface area (Å²) < 4.78 is 18.6. The number of ether oxygens (including phenoxy) is 1. The zero-order valence-corrected chi connectivity index (χ0v) is 16.1. The first-order valence-electron chi connectivity index (χ1n) is 8.90. The van der Waals surface area contributed by atoms with Crippen LogP contribution in [0, 0.1) is 5.82 Å². The van der Waals surface area contributed by atoms with E-state index in [2.05, 4.69) is 0 Å². The highest BCUT2D eigenvalue weighted by Gasteiger charge is 2.36. The Morgan fingerprint density at radius 1 is 0.897 bits per heavy atom. The molecule has 4 rings (SSSR count). The largest absolute Gasteiger partial charge is 0.489 e. The highest BCUT2D eigenvalue weighted by atomic mass is 32.2. The fourth-order valence-electron chi connectivity index (χ4n) is 2.83. The van der Waals surface area contributed by atoms with Crippen molar-refractivity contribution >= 4 is 34.7 Å². The van der Waals surface area contributed by atoms with E-state index in [1.54, 1.807) is 54.6 Å². The summed E-state index contributed by atoms with van der Waals surface area (Å²) in [6.45, 7) is 0.329. The van der Waals surface area contributed by atoms with Crippen molar-refractivity contribution in [1.29, 1.82) is 0 Å². The summed E-state index contributed by atoms with van der Waals surface area (Å²) in [5.74, 6) is 0.0430. The molecule has 2 amide bonds. The van der Waals surface area contributed by atoms with Crippen LogP contribution in [0.4, 0.5) is 14.9 Å². The lowest BCUT2D eigenvalue weighted by Crippen LogP contribution is -2.27. The smallest absolute Gasteiger partial charge is 0.298 e. The third-order valence-corrected chi connectivity index (χ3v) is 5.17. The first-order valence-corrected chi connectivity index (χ1v) is 9.72. The molecule has 1 aliphatic heterocycles. The predicted octanol–water partition coefficient (Wildman–Crippen LogP) is 5.65. The Morgan fingerprint density at radius 2 is 1.59 bits per heavy atom. The summed E-state index contributed by atoms with van der Waals surface area (Å²) in [6, 6.07) is 22.2. The Morgan fingerprint density at radius 3 is 2.28 bits per heavy atom. The first-order chi connectivity index (χ1) is 14.1. The number of thioether (sulfide) groups is 1. The van der Waals surface area contributed by atoms with E-state index in [9.17, 15) is 14.0 Å². The Labute approximate surface area is 171 Å². The zero-order valence-electron chi connectivity index (χ0n) is 15.2. The van der Waals surface area contributed by atoms with Gasteiger partial charge in [-0.1, -0.05) is 42.5 Å². The second-order valence-corrected chi connectivity index (χ2v) is 7.33. The Balaban J connectivity index is 1.44. The standard InChI is InChI=1S/C23H16FNO3S/c24-18-10-6-17(7-11-18)15-28-20-12-8-16(9-13-20)14-21-22(26)25(23(27)29-21)19-4-2-1-3-5-19/h1-14H,15H2/b21-14+. The van der Waals surface area contributed by atoms with Crippen LogP contribution in [0.25, 0.3) is 6.08 Å². The van der Waals surface area contributed by atoms with Gasteiger partial charge in [0, 0.05) is 0 Å². The molecule has 4 nitrogen and oxygen atoms in total. The van der Waals surface area contributed by atoms with Gasteiger partial charge in [-0.15, -0.1) is 0 Å². The van der Waals surface area contributed by atoms with Crippen LogP contribution in [0.2, 0.25) is 0 Å². The number of hydrogen-bond donors (Lipinski definition) is 0. The molecule has 0 aliphatic carbocycles. The van der Waals surface area contributed by atoms with Crippen molar-refractivity contribution in [3.8, 4) is 5.75 Å². The van der Waals surface area contributed by atoms with Crippen LogP contribution >= 0.6 is 11.8 Å². The molecular formula is C23H16FNO3S. The summed E-state index contributed by atoms with van der Waals surface area (Å²) in [7, 11) is 0. The maximum Gasteiger partial charge on any atom is 0.298 e. The Kier molecular flexibility index (Phi) is 5.44. The number of carbonyl (C=O) groups is 2. The van der Waals surface area contributed by atoms with Crippen LogP contribution < -0.4 is 9.64 Å². The van der Waals surface area contributed by atoms with Crippen molar-refractivity contribution in [1.82, 2.24) is 0 Å².